The molecule has 106 valence electrons. The van der Waals surface area contributed by atoms with Crippen LogP contribution in [0.1, 0.15) is 17.4 Å². The summed E-state index contributed by atoms with van der Waals surface area (Å²) in [6, 6.07) is 22.2. The molecule has 0 bridgehead atoms. The van der Waals surface area contributed by atoms with Crippen LogP contribution in [-0.4, -0.2) is 0 Å². The summed E-state index contributed by atoms with van der Waals surface area (Å²) in [5, 5.41) is 0. The van der Waals surface area contributed by atoms with Crippen LogP contribution in [0, 0.1) is 0 Å². The average molecular weight is 343 g/mol. The Kier molecular flexibility index (Phi) is 4.20. The van der Waals surface area contributed by atoms with Crippen molar-refractivity contribution >= 4 is 15.9 Å². The lowest BCUT2D eigenvalue weighted by Gasteiger charge is -2.14. The lowest BCUT2D eigenvalue weighted by atomic mass is 10.00. The van der Waals surface area contributed by atoms with Gasteiger partial charge in [-0.25, -0.2) is 5.43 Å². The molecule has 3 aromatic rings. The molecule has 1 aromatic heterocycles. The average Bonchev–Trinajstić information content (AvgIpc) is 2.96. The Labute approximate surface area is 131 Å². The molecular formula is C17H15BrN2O. The molecule has 21 heavy (non-hydrogen) atoms. The standard InChI is InChI=1S/C17H15BrN2O/c18-16-11-10-15(21-16)17(20-19)14-8-6-13(7-9-14)12-4-2-1-3-5-12/h1-11,17,20H,19H2. The molecule has 0 fully saturated rings. The van der Waals surface area contributed by atoms with Gasteiger partial charge in [0.2, 0.25) is 0 Å². The molecule has 1 unspecified atom stereocenters. The van der Waals surface area contributed by atoms with Crippen LogP contribution in [0.3, 0.4) is 0 Å². The van der Waals surface area contributed by atoms with Gasteiger partial charge in [-0.15, -0.1) is 0 Å². The fraction of sp³-hybridized carbons (Fsp3) is 0.0588. The van der Waals surface area contributed by atoms with Crippen molar-refractivity contribution in [2.45, 2.75) is 6.04 Å². The van der Waals surface area contributed by atoms with Crippen LogP contribution in [0.15, 0.2) is 75.8 Å². The van der Waals surface area contributed by atoms with Crippen molar-refractivity contribution in [3.8, 4) is 11.1 Å². The molecule has 2 aromatic carbocycles. The Balaban J connectivity index is 1.89. The number of hydrazine groups is 1. The zero-order valence-electron chi connectivity index (χ0n) is 11.3. The van der Waals surface area contributed by atoms with Gasteiger partial charge in [-0.05, 0) is 44.8 Å². The maximum absolute atomic E-state index is 5.67. The van der Waals surface area contributed by atoms with Gasteiger partial charge in [-0.3, -0.25) is 5.84 Å². The molecule has 0 radical (unpaired) electrons. The first-order valence-corrected chi connectivity index (χ1v) is 7.44. The molecule has 0 aliphatic heterocycles. The number of hydrogen-bond acceptors (Lipinski definition) is 3. The van der Waals surface area contributed by atoms with E-state index in [1.807, 2.05) is 30.3 Å². The first-order chi connectivity index (χ1) is 10.3. The monoisotopic (exact) mass is 342 g/mol. The summed E-state index contributed by atoms with van der Waals surface area (Å²) in [7, 11) is 0. The maximum atomic E-state index is 5.67. The van der Waals surface area contributed by atoms with Gasteiger partial charge < -0.3 is 4.42 Å². The van der Waals surface area contributed by atoms with E-state index in [1.54, 1.807) is 0 Å². The summed E-state index contributed by atoms with van der Waals surface area (Å²) in [5.41, 5.74) is 6.22. The van der Waals surface area contributed by atoms with Crippen molar-refractivity contribution in [3.63, 3.8) is 0 Å². The summed E-state index contributed by atoms with van der Waals surface area (Å²) >= 11 is 3.31. The molecule has 0 saturated heterocycles. The predicted molar refractivity (Wildman–Crippen MR) is 87.5 cm³/mol. The lowest BCUT2D eigenvalue weighted by Crippen LogP contribution is -2.28. The Morgan fingerprint density at radius 3 is 2.10 bits per heavy atom. The Morgan fingerprint density at radius 1 is 0.857 bits per heavy atom. The van der Waals surface area contributed by atoms with Crippen molar-refractivity contribution in [1.82, 2.24) is 5.43 Å². The first-order valence-electron chi connectivity index (χ1n) is 6.64. The summed E-state index contributed by atoms with van der Waals surface area (Å²) in [4.78, 5) is 0. The van der Waals surface area contributed by atoms with Gasteiger partial charge >= 0.3 is 0 Å². The topological polar surface area (TPSA) is 51.2 Å². The van der Waals surface area contributed by atoms with Crippen molar-refractivity contribution in [2.24, 2.45) is 5.84 Å². The van der Waals surface area contributed by atoms with E-state index in [0.717, 1.165) is 11.3 Å². The molecule has 3 nitrogen and oxygen atoms in total. The second-order valence-electron chi connectivity index (χ2n) is 4.73. The molecule has 0 aliphatic rings. The molecule has 0 spiro atoms. The van der Waals surface area contributed by atoms with E-state index in [4.69, 9.17) is 10.3 Å². The fourth-order valence-corrected chi connectivity index (χ4v) is 2.64. The van der Waals surface area contributed by atoms with Crippen molar-refractivity contribution in [3.05, 3.63) is 82.7 Å². The molecule has 0 saturated carbocycles. The molecular weight excluding hydrogens is 328 g/mol. The number of nitrogens with two attached hydrogens (primary N) is 1. The van der Waals surface area contributed by atoms with E-state index >= 15 is 0 Å². The van der Waals surface area contributed by atoms with E-state index in [1.165, 1.54) is 11.1 Å². The largest absolute Gasteiger partial charge is 0.452 e. The Hall–Kier alpha value is -1.88. The summed E-state index contributed by atoms with van der Waals surface area (Å²) in [6.07, 6.45) is 0. The SMILES string of the molecule is NNC(c1ccc(-c2ccccc2)cc1)c1ccc(Br)o1. The molecule has 3 rings (SSSR count). The quantitative estimate of drug-likeness (QED) is 0.550. The number of furan rings is 1. The Morgan fingerprint density at radius 2 is 1.52 bits per heavy atom. The van der Waals surface area contributed by atoms with Gasteiger partial charge in [0, 0.05) is 0 Å². The fourth-order valence-electron chi connectivity index (χ4n) is 2.32. The van der Waals surface area contributed by atoms with Crippen LogP contribution >= 0.6 is 15.9 Å². The molecule has 0 amide bonds. The highest BCUT2D eigenvalue weighted by Gasteiger charge is 2.16. The van der Waals surface area contributed by atoms with Gasteiger partial charge in [0.25, 0.3) is 0 Å². The number of halogens is 1. The minimum absolute atomic E-state index is 0.166. The third-order valence-corrected chi connectivity index (χ3v) is 3.82. The second kappa shape index (κ2) is 6.26. The van der Waals surface area contributed by atoms with Gasteiger partial charge in [0.15, 0.2) is 4.67 Å². The van der Waals surface area contributed by atoms with Crippen LogP contribution in [0.5, 0.6) is 0 Å². The highest BCUT2D eigenvalue weighted by molar-refractivity contribution is 9.10. The number of hydrogen-bond donors (Lipinski definition) is 2. The normalized spacial score (nSPS) is 12.3. The van der Waals surface area contributed by atoms with Crippen molar-refractivity contribution in [2.75, 3.05) is 0 Å². The van der Waals surface area contributed by atoms with E-state index < -0.39 is 0 Å². The van der Waals surface area contributed by atoms with Crippen LogP contribution in [-0.2, 0) is 0 Å². The van der Waals surface area contributed by atoms with E-state index in [2.05, 4.69) is 57.8 Å². The second-order valence-corrected chi connectivity index (χ2v) is 5.51. The third-order valence-electron chi connectivity index (χ3n) is 3.40. The molecule has 3 N–H and O–H groups in total. The van der Waals surface area contributed by atoms with E-state index in [0.29, 0.717) is 4.67 Å². The summed E-state index contributed by atoms with van der Waals surface area (Å²) in [6.45, 7) is 0. The summed E-state index contributed by atoms with van der Waals surface area (Å²) in [5.74, 6) is 6.44. The lowest BCUT2D eigenvalue weighted by molar-refractivity contribution is 0.437. The van der Waals surface area contributed by atoms with Gasteiger partial charge in [-0.2, -0.15) is 0 Å². The van der Waals surface area contributed by atoms with E-state index in [-0.39, 0.29) is 6.04 Å². The predicted octanol–water partition coefficient (Wildman–Crippen LogP) is 4.26. The third kappa shape index (κ3) is 3.08. The number of benzene rings is 2. The zero-order valence-corrected chi connectivity index (χ0v) is 12.9. The van der Waals surface area contributed by atoms with Crippen molar-refractivity contribution < 1.29 is 4.42 Å². The first kappa shape index (κ1) is 14.1. The van der Waals surface area contributed by atoms with Crippen LogP contribution in [0.4, 0.5) is 0 Å². The highest BCUT2D eigenvalue weighted by atomic mass is 79.9. The molecule has 1 atom stereocenters. The number of nitrogens with one attached hydrogen (secondary N) is 1. The zero-order chi connectivity index (χ0) is 14.7. The van der Waals surface area contributed by atoms with Crippen molar-refractivity contribution in [1.29, 1.82) is 0 Å². The van der Waals surface area contributed by atoms with Crippen LogP contribution in [0.25, 0.3) is 11.1 Å². The molecule has 1 heterocycles. The van der Waals surface area contributed by atoms with Gasteiger partial charge in [-0.1, -0.05) is 54.6 Å². The Bertz CT molecular complexity index is 707. The molecule has 0 aliphatic carbocycles. The van der Waals surface area contributed by atoms with E-state index in [9.17, 15) is 0 Å². The van der Waals surface area contributed by atoms with Crippen LogP contribution in [0.2, 0.25) is 0 Å². The van der Waals surface area contributed by atoms with Crippen LogP contribution < -0.4 is 11.3 Å². The van der Waals surface area contributed by atoms with Gasteiger partial charge in [0.1, 0.15) is 11.8 Å². The number of rotatable bonds is 4. The minimum atomic E-state index is -0.166. The summed E-state index contributed by atoms with van der Waals surface area (Å²) < 4.78 is 6.27. The highest BCUT2D eigenvalue weighted by Crippen LogP contribution is 2.27. The molecule has 4 heteroatoms. The smallest absolute Gasteiger partial charge is 0.169 e. The minimum Gasteiger partial charge on any atom is -0.452 e. The van der Waals surface area contributed by atoms with Gasteiger partial charge in [0.05, 0.1) is 0 Å². The maximum Gasteiger partial charge on any atom is 0.169 e.